The largest absolute Gasteiger partial charge is 0.437 e. The van der Waals surface area contributed by atoms with Crippen molar-refractivity contribution in [3.05, 3.63) is 143 Å². The zero-order valence-corrected chi connectivity index (χ0v) is 27.3. The number of alkyl halides is 6. The van der Waals surface area contributed by atoms with E-state index >= 15 is 0 Å². The van der Waals surface area contributed by atoms with E-state index in [2.05, 4.69) is 10.3 Å². The minimum absolute atomic E-state index is 0.0136. The topological polar surface area (TPSA) is 129 Å². The van der Waals surface area contributed by atoms with Crippen LogP contribution in [0.3, 0.4) is 0 Å². The van der Waals surface area contributed by atoms with Crippen LogP contribution in [0.2, 0.25) is 0 Å². The van der Waals surface area contributed by atoms with Crippen LogP contribution in [0, 0.1) is 0 Å². The molecule has 1 heterocycles. The SMILES string of the molecule is O=C1N(Cc2cccc(C(=NO)C(F)(F)F)c2)[C@H](Cc2ccccc2)[C@H](O)[C@@H](O)[C@@H](Cc2ccccc2)N1Cc1cccc(C(=NO)C(F)(F)F)c1. The van der Waals surface area contributed by atoms with E-state index in [9.17, 15) is 41.4 Å². The Bertz CT molecular complexity index is 1750. The monoisotopic (exact) mass is 728 g/mol. The number of nitrogens with zero attached hydrogens (tertiary/aromatic N) is 4. The van der Waals surface area contributed by atoms with Crippen molar-refractivity contribution in [2.24, 2.45) is 10.3 Å². The van der Waals surface area contributed by atoms with Crippen molar-refractivity contribution in [1.29, 1.82) is 0 Å². The molecule has 0 saturated carbocycles. The molecule has 52 heavy (non-hydrogen) atoms. The average Bonchev–Trinajstić information content (AvgIpc) is 3.16. The fraction of sp³-hybridized carbons (Fsp3) is 0.270. The highest BCUT2D eigenvalue weighted by molar-refractivity contribution is 6.04. The predicted molar refractivity (Wildman–Crippen MR) is 178 cm³/mol. The molecular formula is C37H34F6N4O5. The molecule has 0 radical (unpaired) electrons. The molecule has 2 amide bonds. The Kier molecular flexibility index (Phi) is 11.5. The maximum atomic E-state index is 14.9. The van der Waals surface area contributed by atoms with E-state index in [-0.39, 0.29) is 37.1 Å². The molecule has 9 nitrogen and oxygen atoms in total. The summed E-state index contributed by atoms with van der Waals surface area (Å²) in [5, 5.41) is 46.9. The van der Waals surface area contributed by atoms with Gasteiger partial charge >= 0.3 is 18.4 Å². The molecule has 0 spiro atoms. The van der Waals surface area contributed by atoms with Gasteiger partial charge in [0.15, 0.2) is 11.4 Å². The fourth-order valence-corrected chi connectivity index (χ4v) is 6.40. The van der Waals surface area contributed by atoms with Gasteiger partial charge in [-0.15, -0.1) is 0 Å². The maximum absolute atomic E-state index is 14.9. The van der Waals surface area contributed by atoms with E-state index < -0.39 is 65.2 Å². The van der Waals surface area contributed by atoms with Gasteiger partial charge in [-0.2, -0.15) is 26.3 Å². The lowest BCUT2D eigenvalue weighted by atomic mass is 9.90. The van der Waals surface area contributed by atoms with Crippen LogP contribution in [0.5, 0.6) is 0 Å². The first-order valence-electron chi connectivity index (χ1n) is 16.0. The third-order valence-corrected chi connectivity index (χ3v) is 8.85. The number of carbonyl (C=O) groups is 1. The normalized spacial score (nSPS) is 20.6. The Labute approximate surface area is 294 Å². The number of halogens is 6. The first-order chi connectivity index (χ1) is 24.7. The zero-order valence-electron chi connectivity index (χ0n) is 27.3. The van der Waals surface area contributed by atoms with Gasteiger partial charge in [0, 0.05) is 24.2 Å². The Balaban J connectivity index is 1.63. The molecule has 1 aliphatic rings. The van der Waals surface area contributed by atoms with Crippen LogP contribution in [-0.4, -0.2) is 84.5 Å². The predicted octanol–water partition coefficient (Wildman–Crippen LogP) is 6.55. The van der Waals surface area contributed by atoms with Gasteiger partial charge < -0.3 is 30.4 Å². The summed E-state index contributed by atoms with van der Waals surface area (Å²) in [6, 6.07) is 24.2. The smallest absolute Gasteiger partial charge is 0.410 e. The van der Waals surface area contributed by atoms with Gasteiger partial charge in [0.1, 0.15) is 12.2 Å². The third-order valence-electron chi connectivity index (χ3n) is 8.85. The minimum Gasteiger partial charge on any atom is -0.410 e. The van der Waals surface area contributed by atoms with Gasteiger partial charge in [-0.1, -0.05) is 107 Å². The highest BCUT2D eigenvalue weighted by atomic mass is 19.4. The van der Waals surface area contributed by atoms with E-state index in [0.717, 1.165) is 24.3 Å². The third kappa shape index (κ3) is 8.72. The lowest BCUT2D eigenvalue weighted by Gasteiger charge is -2.36. The van der Waals surface area contributed by atoms with Gasteiger partial charge in [-0.05, 0) is 47.2 Å². The van der Waals surface area contributed by atoms with Crippen molar-refractivity contribution in [3.8, 4) is 0 Å². The Morgan fingerprint density at radius 2 is 0.904 bits per heavy atom. The van der Waals surface area contributed by atoms with Gasteiger partial charge in [0.25, 0.3) is 0 Å². The fourth-order valence-electron chi connectivity index (χ4n) is 6.40. The van der Waals surface area contributed by atoms with E-state index in [1.165, 1.54) is 34.1 Å². The summed E-state index contributed by atoms with van der Waals surface area (Å²) in [5.74, 6) is 0. The number of oxime groups is 2. The van der Waals surface area contributed by atoms with Crippen LogP contribution in [-0.2, 0) is 25.9 Å². The Morgan fingerprint density at radius 3 is 1.23 bits per heavy atom. The van der Waals surface area contributed by atoms with E-state index in [1.54, 1.807) is 60.7 Å². The minimum atomic E-state index is -5.01. The van der Waals surface area contributed by atoms with E-state index in [1.807, 2.05) is 0 Å². The second kappa shape index (κ2) is 15.9. The molecule has 1 aliphatic heterocycles. The Hall–Kier alpha value is -5.41. The molecule has 15 heteroatoms. The summed E-state index contributed by atoms with van der Waals surface area (Å²) in [4.78, 5) is 17.3. The molecule has 0 aliphatic carbocycles. The number of aliphatic hydroxyl groups is 2. The molecule has 1 fully saturated rings. The number of hydrogen-bond donors (Lipinski definition) is 4. The number of carbonyl (C=O) groups excluding carboxylic acids is 1. The molecule has 0 bridgehead atoms. The highest BCUT2D eigenvalue weighted by Crippen LogP contribution is 2.31. The van der Waals surface area contributed by atoms with Crippen LogP contribution in [0.25, 0.3) is 0 Å². The molecule has 4 N–H and O–H groups in total. The molecule has 4 aromatic carbocycles. The number of rotatable bonds is 10. The number of urea groups is 1. The van der Waals surface area contributed by atoms with Crippen molar-refractivity contribution < 1.29 is 51.8 Å². The number of aliphatic hydroxyl groups excluding tert-OH is 2. The molecular weight excluding hydrogens is 694 g/mol. The van der Waals surface area contributed by atoms with Gasteiger partial charge in [0.05, 0.1) is 12.1 Å². The summed E-state index contributed by atoms with van der Waals surface area (Å²) in [7, 11) is 0. The molecule has 5 rings (SSSR count). The van der Waals surface area contributed by atoms with E-state index in [0.29, 0.717) is 11.1 Å². The van der Waals surface area contributed by atoms with Crippen molar-refractivity contribution in [2.45, 2.75) is 62.6 Å². The van der Waals surface area contributed by atoms with Crippen LogP contribution in [0.15, 0.2) is 120 Å². The first-order valence-corrected chi connectivity index (χ1v) is 16.0. The molecule has 0 aromatic heterocycles. The molecule has 0 unspecified atom stereocenters. The molecule has 1 saturated heterocycles. The summed E-state index contributed by atoms with van der Waals surface area (Å²) >= 11 is 0. The lowest BCUT2D eigenvalue weighted by Crippen LogP contribution is -2.50. The number of amides is 2. The van der Waals surface area contributed by atoms with Gasteiger partial charge in [-0.3, -0.25) is 0 Å². The maximum Gasteiger partial charge on any atom is 0.437 e. The van der Waals surface area contributed by atoms with Crippen LogP contribution >= 0.6 is 0 Å². The zero-order chi connectivity index (χ0) is 37.6. The Morgan fingerprint density at radius 1 is 0.558 bits per heavy atom. The summed E-state index contributed by atoms with van der Waals surface area (Å²) in [5.41, 5.74) is -2.46. The van der Waals surface area contributed by atoms with Crippen LogP contribution < -0.4 is 0 Å². The standard InChI is InChI=1S/C37H34F6N4O5/c38-36(39,40)33(44-51)27-15-7-13-25(17-27)21-46-29(19-23-9-3-1-4-10-23)31(48)32(49)30(20-24-11-5-2-6-12-24)47(35(46)50)22-26-14-8-16-28(18-26)34(45-52)37(41,42)43/h1-18,29-32,48-49,51-52H,19-22H2/t29-,30-,31+,32+/m1/s1. The van der Waals surface area contributed by atoms with Crippen LogP contribution in [0.4, 0.5) is 31.1 Å². The van der Waals surface area contributed by atoms with Crippen LogP contribution in [0.1, 0.15) is 33.4 Å². The number of hydrogen-bond acceptors (Lipinski definition) is 7. The quantitative estimate of drug-likeness (QED) is 0.0638. The summed E-state index contributed by atoms with van der Waals surface area (Å²) in [6.45, 7) is -0.761. The van der Waals surface area contributed by atoms with Crippen molar-refractivity contribution in [2.75, 3.05) is 0 Å². The summed E-state index contributed by atoms with van der Waals surface area (Å²) < 4.78 is 81.9. The van der Waals surface area contributed by atoms with Gasteiger partial charge in [0.2, 0.25) is 0 Å². The second-order valence-corrected chi connectivity index (χ2v) is 12.3. The summed E-state index contributed by atoms with van der Waals surface area (Å²) in [6.07, 6.45) is -13.2. The van der Waals surface area contributed by atoms with Gasteiger partial charge in [-0.25, -0.2) is 4.79 Å². The molecule has 274 valence electrons. The van der Waals surface area contributed by atoms with Crippen molar-refractivity contribution in [1.82, 2.24) is 9.80 Å². The highest BCUT2D eigenvalue weighted by Gasteiger charge is 2.47. The second-order valence-electron chi connectivity index (χ2n) is 12.3. The number of benzene rings is 4. The molecule has 4 atom stereocenters. The van der Waals surface area contributed by atoms with Crippen molar-refractivity contribution in [3.63, 3.8) is 0 Å². The van der Waals surface area contributed by atoms with E-state index in [4.69, 9.17) is 10.4 Å². The van der Waals surface area contributed by atoms with Crippen molar-refractivity contribution >= 4 is 17.5 Å². The lowest BCUT2D eigenvalue weighted by molar-refractivity contribution is -0.0610. The average molecular weight is 729 g/mol. The molecule has 4 aromatic rings. The first kappa shape index (κ1) is 37.8.